The van der Waals surface area contributed by atoms with Gasteiger partial charge in [-0.1, -0.05) is 30.3 Å². The SMILES string of the molecule is COc1cccc(OCCNC(=O)C(Cc2c[nH]c3ccccc23)NC(=O)c2cccs2)c1. The molecule has 2 amide bonds. The minimum atomic E-state index is -0.726. The Morgan fingerprint density at radius 1 is 1.06 bits per heavy atom. The largest absolute Gasteiger partial charge is 0.497 e. The number of aromatic amines is 1. The first-order valence-corrected chi connectivity index (χ1v) is 11.5. The molecule has 4 aromatic rings. The topological polar surface area (TPSA) is 92.4 Å². The Labute approximate surface area is 195 Å². The number of aromatic nitrogens is 1. The van der Waals surface area contributed by atoms with Gasteiger partial charge in [0.05, 0.1) is 18.5 Å². The molecule has 0 aliphatic carbocycles. The molecule has 1 atom stereocenters. The lowest BCUT2D eigenvalue weighted by molar-refractivity contribution is -0.123. The van der Waals surface area contributed by atoms with Crippen molar-refractivity contribution in [3.8, 4) is 11.5 Å². The molecule has 7 nitrogen and oxygen atoms in total. The van der Waals surface area contributed by atoms with E-state index in [-0.39, 0.29) is 18.4 Å². The summed E-state index contributed by atoms with van der Waals surface area (Å²) < 4.78 is 10.9. The molecule has 0 spiro atoms. The number of methoxy groups -OCH3 is 1. The van der Waals surface area contributed by atoms with Crippen LogP contribution in [-0.4, -0.2) is 43.1 Å². The van der Waals surface area contributed by atoms with E-state index in [0.717, 1.165) is 16.5 Å². The third-order valence-corrected chi connectivity index (χ3v) is 6.05. The highest BCUT2D eigenvalue weighted by Gasteiger charge is 2.23. The van der Waals surface area contributed by atoms with Crippen molar-refractivity contribution in [3.63, 3.8) is 0 Å². The van der Waals surface area contributed by atoms with Gasteiger partial charge in [-0.25, -0.2) is 0 Å². The van der Waals surface area contributed by atoms with Gasteiger partial charge < -0.3 is 25.1 Å². The highest BCUT2D eigenvalue weighted by atomic mass is 32.1. The van der Waals surface area contributed by atoms with Crippen LogP contribution in [0.5, 0.6) is 11.5 Å². The Hall–Kier alpha value is -3.78. The number of rotatable bonds is 10. The number of ether oxygens (including phenoxy) is 2. The summed E-state index contributed by atoms with van der Waals surface area (Å²) in [7, 11) is 1.59. The molecule has 0 saturated heterocycles. The van der Waals surface area contributed by atoms with Crippen molar-refractivity contribution >= 4 is 34.1 Å². The molecule has 0 aliphatic heterocycles. The first kappa shape index (κ1) is 22.4. The van der Waals surface area contributed by atoms with Gasteiger partial charge in [0.15, 0.2) is 0 Å². The van der Waals surface area contributed by atoms with Crippen molar-refractivity contribution in [2.45, 2.75) is 12.5 Å². The highest BCUT2D eigenvalue weighted by molar-refractivity contribution is 7.12. The van der Waals surface area contributed by atoms with Crippen LogP contribution >= 0.6 is 11.3 Å². The molecule has 0 saturated carbocycles. The number of hydrogen-bond acceptors (Lipinski definition) is 5. The molecule has 0 bridgehead atoms. The van der Waals surface area contributed by atoms with Gasteiger partial charge in [-0.15, -0.1) is 11.3 Å². The van der Waals surface area contributed by atoms with E-state index in [2.05, 4.69) is 15.6 Å². The van der Waals surface area contributed by atoms with Crippen molar-refractivity contribution in [3.05, 3.63) is 82.7 Å². The van der Waals surface area contributed by atoms with Crippen molar-refractivity contribution in [1.29, 1.82) is 0 Å². The van der Waals surface area contributed by atoms with Crippen molar-refractivity contribution in [2.24, 2.45) is 0 Å². The monoisotopic (exact) mass is 463 g/mol. The summed E-state index contributed by atoms with van der Waals surface area (Å²) in [4.78, 5) is 29.5. The predicted molar refractivity (Wildman–Crippen MR) is 129 cm³/mol. The van der Waals surface area contributed by atoms with Gasteiger partial charge >= 0.3 is 0 Å². The van der Waals surface area contributed by atoms with Crippen LogP contribution in [-0.2, 0) is 11.2 Å². The summed E-state index contributed by atoms with van der Waals surface area (Å²) in [5.41, 5.74) is 1.95. The second-order valence-electron chi connectivity index (χ2n) is 7.39. The van der Waals surface area contributed by atoms with Crippen LogP contribution in [0.1, 0.15) is 15.2 Å². The number of H-pyrrole nitrogens is 1. The molecule has 33 heavy (non-hydrogen) atoms. The molecule has 4 rings (SSSR count). The number of carbonyl (C=O) groups is 2. The van der Waals surface area contributed by atoms with Gasteiger partial charge in [0, 0.05) is 29.6 Å². The Morgan fingerprint density at radius 2 is 1.91 bits per heavy atom. The number of para-hydroxylation sites is 1. The average Bonchev–Trinajstić information content (AvgIpc) is 3.52. The number of hydrogen-bond donors (Lipinski definition) is 3. The van der Waals surface area contributed by atoms with Crippen molar-refractivity contribution in [2.75, 3.05) is 20.3 Å². The summed E-state index contributed by atoms with van der Waals surface area (Å²) in [6, 6.07) is 18.0. The van der Waals surface area contributed by atoms with Crippen molar-refractivity contribution < 1.29 is 19.1 Å². The van der Waals surface area contributed by atoms with E-state index in [4.69, 9.17) is 9.47 Å². The summed E-state index contributed by atoms with van der Waals surface area (Å²) in [6.45, 7) is 0.590. The molecule has 170 valence electrons. The molecule has 0 aliphatic rings. The molecule has 2 aromatic carbocycles. The van der Waals surface area contributed by atoms with Crippen LogP contribution in [0.25, 0.3) is 10.9 Å². The molecule has 2 aromatic heterocycles. The second-order valence-corrected chi connectivity index (χ2v) is 8.33. The predicted octanol–water partition coefficient (Wildman–Crippen LogP) is 3.77. The van der Waals surface area contributed by atoms with E-state index in [0.29, 0.717) is 29.3 Å². The maximum absolute atomic E-state index is 13.0. The zero-order valence-electron chi connectivity index (χ0n) is 18.2. The third kappa shape index (κ3) is 5.72. The molecule has 2 heterocycles. The summed E-state index contributed by atoms with van der Waals surface area (Å²) in [6.07, 6.45) is 2.25. The lowest BCUT2D eigenvalue weighted by Gasteiger charge is -2.18. The van der Waals surface area contributed by atoms with Gasteiger partial charge in [-0.2, -0.15) is 0 Å². The second kappa shape index (κ2) is 10.7. The Balaban J connectivity index is 1.40. The van der Waals surface area contributed by atoms with Crippen LogP contribution in [0.15, 0.2) is 72.2 Å². The van der Waals surface area contributed by atoms with Crippen LogP contribution in [0, 0.1) is 0 Å². The molecule has 1 unspecified atom stereocenters. The Bertz CT molecular complexity index is 1220. The number of amides is 2. The molecule has 0 radical (unpaired) electrons. The fourth-order valence-electron chi connectivity index (χ4n) is 3.52. The smallest absolute Gasteiger partial charge is 0.262 e. The quantitative estimate of drug-likeness (QED) is 0.312. The van der Waals surface area contributed by atoms with Gasteiger partial charge in [0.2, 0.25) is 5.91 Å². The van der Waals surface area contributed by atoms with Crippen LogP contribution in [0.4, 0.5) is 0 Å². The number of carbonyl (C=O) groups excluding carboxylic acids is 2. The van der Waals surface area contributed by atoms with Crippen molar-refractivity contribution in [1.82, 2.24) is 15.6 Å². The maximum Gasteiger partial charge on any atom is 0.262 e. The van der Waals surface area contributed by atoms with E-state index in [9.17, 15) is 9.59 Å². The van der Waals surface area contributed by atoms with E-state index in [1.807, 2.05) is 60.1 Å². The van der Waals surface area contributed by atoms with E-state index in [1.165, 1.54) is 11.3 Å². The van der Waals surface area contributed by atoms with Gasteiger partial charge in [-0.05, 0) is 35.2 Å². The van der Waals surface area contributed by atoms with E-state index < -0.39 is 6.04 Å². The number of thiophene rings is 1. The Kier molecular flexibility index (Phi) is 7.26. The molecular weight excluding hydrogens is 438 g/mol. The lowest BCUT2D eigenvalue weighted by Crippen LogP contribution is -2.48. The Morgan fingerprint density at radius 3 is 2.73 bits per heavy atom. The van der Waals surface area contributed by atoms with Gasteiger partial charge in [0.25, 0.3) is 5.91 Å². The maximum atomic E-state index is 13.0. The van der Waals surface area contributed by atoms with Crippen LogP contribution in [0.2, 0.25) is 0 Å². The van der Waals surface area contributed by atoms with E-state index >= 15 is 0 Å². The van der Waals surface area contributed by atoms with E-state index in [1.54, 1.807) is 19.2 Å². The standard InChI is InChI=1S/C25H25N3O4S/c1-31-18-6-4-7-19(15-18)32-12-11-26-24(29)22(28-25(30)23-10-5-13-33-23)14-17-16-27-21-9-3-2-8-20(17)21/h2-10,13,15-16,22,27H,11-12,14H2,1H3,(H,26,29)(H,28,30). The molecular formula is C25H25N3O4S. The van der Waals surface area contributed by atoms with Crippen LogP contribution in [0.3, 0.4) is 0 Å². The van der Waals surface area contributed by atoms with Gasteiger partial charge in [0.1, 0.15) is 24.1 Å². The third-order valence-electron chi connectivity index (χ3n) is 5.18. The summed E-state index contributed by atoms with van der Waals surface area (Å²) >= 11 is 1.34. The fraction of sp³-hybridized carbons (Fsp3) is 0.200. The normalized spacial score (nSPS) is 11.7. The minimum absolute atomic E-state index is 0.264. The number of nitrogens with one attached hydrogen (secondary N) is 3. The summed E-state index contributed by atoms with van der Waals surface area (Å²) in [5, 5.41) is 8.62. The highest BCUT2D eigenvalue weighted by Crippen LogP contribution is 2.20. The zero-order chi connectivity index (χ0) is 23.0. The molecule has 3 N–H and O–H groups in total. The summed E-state index contributed by atoms with van der Waals surface area (Å²) in [5.74, 6) is 0.827. The first-order valence-electron chi connectivity index (χ1n) is 10.6. The van der Waals surface area contributed by atoms with Crippen LogP contribution < -0.4 is 20.1 Å². The molecule has 8 heteroatoms. The average molecular weight is 464 g/mol. The fourth-order valence-corrected chi connectivity index (χ4v) is 4.15. The zero-order valence-corrected chi connectivity index (χ0v) is 19.0. The first-order chi connectivity index (χ1) is 16.1. The molecule has 0 fully saturated rings. The lowest BCUT2D eigenvalue weighted by atomic mass is 10.0. The number of benzene rings is 2. The van der Waals surface area contributed by atoms with Gasteiger partial charge in [-0.3, -0.25) is 9.59 Å². The minimum Gasteiger partial charge on any atom is -0.497 e. The number of fused-ring (bicyclic) bond motifs is 1.